The Morgan fingerprint density at radius 3 is 2.80 bits per heavy atom. The van der Waals surface area contributed by atoms with Crippen LogP contribution < -0.4 is 11.1 Å². The van der Waals surface area contributed by atoms with Crippen molar-refractivity contribution in [2.24, 2.45) is 11.1 Å². The van der Waals surface area contributed by atoms with E-state index < -0.39 is 0 Å². The zero-order valence-electron chi connectivity index (χ0n) is 12.3. The monoisotopic (exact) mass is 278 g/mol. The van der Waals surface area contributed by atoms with Crippen molar-refractivity contribution in [2.75, 3.05) is 6.54 Å². The topological polar surface area (TPSA) is 72.9 Å². The largest absolute Gasteiger partial charge is 0.352 e. The van der Waals surface area contributed by atoms with Crippen LogP contribution in [0.4, 0.5) is 0 Å². The molecule has 0 aromatic carbocycles. The number of amides is 1. The van der Waals surface area contributed by atoms with E-state index in [1.807, 2.05) is 17.7 Å². The van der Waals surface area contributed by atoms with Gasteiger partial charge in [-0.3, -0.25) is 4.79 Å². The lowest BCUT2D eigenvalue weighted by atomic mass is 9.71. The molecule has 0 radical (unpaired) electrons. The molecule has 1 amide bonds. The molecular formula is C15H26N4O. The summed E-state index contributed by atoms with van der Waals surface area (Å²) >= 11 is 0. The number of nitrogens with one attached hydrogen (secondary N) is 1. The highest BCUT2D eigenvalue weighted by Crippen LogP contribution is 2.38. The van der Waals surface area contributed by atoms with Crippen LogP contribution in [0.5, 0.6) is 0 Å². The summed E-state index contributed by atoms with van der Waals surface area (Å²) in [6.45, 7) is 3.39. The normalized spacial score (nSPS) is 19.5. The summed E-state index contributed by atoms with van der Waals surface area (Å²) in [5.74, 6) is 0.130. The van der Waals surface area contributed by atoms with Crippen LogP contribution in [-0.2, 0) is 11.3 Å². The molecule has 1 unspecified atom stereocenters. The van der Waals surface area contributed by atoms with Crippen molar-refractivity contribution in [2.45, 2.75) is 58.0 Å². The summed E-state index contributed by atoms with van der Waals surface area (Å²) in [6.07, 6.45) is 11.9. The third-order valence-corrected chi connectivity index (χ3v) is 4.33. The van der Waals surface area contributed by atoms with Gasteiger partial charge in [0, 0.05) is 31.4 Å². The number of carbonyl (C=O) groups excluding carboxylic acids is 1. The highest BCUT2D eigenvalue weighted by atomic mass is 16.1. The molecule has 2 rings (SSSR count). The number of carbonyl (C=O) groups is 1. The maximum atomic E-state index is 12.2. The van der Waals surface area contributed by atoms with E-state index in [1.165, 1.54) is 19.3 Å². The Balaban J connectivity index is 1.81. The minimum absolute atomic E-state index is 0.0387. The van der Waals surface area contributed by atoms with Crippen molar-refractivity contribution in [1.29, 1.82) is 0 Å². The van der Waals surface area contributed by atoms with E-state index in [-0.39, 0.29) is 17.4 Å². The van der Waals surface area contributed by atoms with Gasteiger partial charge >= 0.3 is 0 Å². The number of hydrogen-bond acceptors (Lipinski definition) is 3. The number of rotatable bonds is 6. The predicted molar refractivity (Wildman–Crippen MR) is 79.0 cm³/mol. The molecule has 0 aliphatic heterocycles. The Hall–Kier alpha value is -1.36. The lowest BCUT2D eigenvalue weighted by Crippen LogP contribution is -2.42. The van der Waals surface area contributed by atoms with Gasteiger partial charge in [0.15, 0.2) is 0 Å². The summed E-state index contributed by atoms with van der Waals surface area (Å²) < 4.78 is 1.98. The number of hydrogen-bond donors (Lipinski definition) is 2. The maximum absolute atomic E-state index is 12.2. The fourth-order valence-corrected chi connectivity index (χ4v) is 3.18. The average molecular weight is 278 g/mol. The van der Waals surface area contributed by atoms with Gasteiger partial charge in [0.05, 0.1) is 6.33 Å². The van der Waals surface area contributed by atoms with Crippen molar-refractivity contribution in [3.63, 3.8) is 0 Å². The molecule has 20 heavy (non-hydrogen) atoms. The van der Waals surface area contributed by atoms with Gasteiger partial charge in [-0.1, -0.05) is 19.3 Å². The molecule has 0 saturated heterocycles. The van der Waals surface area contributed by atoms with Crippen LogP contribution >= 0.6 is 0 Å². The number of imidazole rings is 1. The second-order valence-corrected chi connectivity index (χ2v) is 6.17. The summed E-state index contributed by atoms with van der Waals surface area (Å²) in [4.78, 5) is 16.2. The van der Waals surface area contributed by atoms with Gasteiger partial charge in [-0.2, -0.15) is 0 Å². The van der Waals surface area contributed by atoms with Crippen molar-refractivity contribution in [1.82, 2.24) is 14.9 Å². The van der Waals surface area contributed by atoms with Gasteiger partial charge in [0.25, 0.3) is 0 Å². The summed E-state index contributed by atoms with van der Waals surface area (Å²) in [6, 6.07) is 0.107. The van der Waals surface area contributed by atoms with Gasteiger partial charge in [0.2, 0.25) is 5.91 Å². The van der Waals surface area contributed by atoms with Gasteiger partial charge in [0.1, 0.15) is 0 Å². The minimum atomic E-state index is 0.0387. The average Bonchev–Trinajstić information content (AvgIpc) is 2.92. The van der Waals surface area contributed by atoms with Crippen molar-refractivity contribution in [3.8, 4) is 0 Å². The molecule has 0 bridgehead atoms. The van der Waals surface area contributed by atoms with Crippen LogP contribution in [0.1, 0.15) is 45.4 Å². The smallest absolute Gasteiger partial charge is 0.220 e. The van der Waals surface area contributed by atoms with Crippen LogP contribution in [0.3, 0.4) is 0 Å². The Kier molecular flexibility index (Phi) is 5.17. The zero-order valence-corrected chi connectivity index (χ0v) is 12.3. The number of aromatic nitrogens is 2. The first-order chi connectivity index (χ1) is 9.63. The third kappa shape index (κ3) is 4.07. The maximum Gasteiger partial charge on any atom is 0.220 e. The molecular weight excluding hydrogens is 252 g/mol. The molecule has 0 spiro atoms. The van der Waals surface area contributed by atoms with Crippen molar-refractivity contribution < 1.29 is 4.79 Å². The SMILES string of the molecule is CC(Cn1ccnc1)NC(=O)CC1(CN)CCCCC1. The zero-order chi connectivity index (χ0) is 14.4. The Morgan fingerprint density at radius 1 is 1.45 bits per heavy atom. The first-order valence-corrected chi connectivity index (χ1v) is 7.59. The number of nitrogens with zero attached hydrogens (tertiary/aromatic N) is 2. The van der Waals surface area contributed by atoms with Gasteiger partial charge < -0.3 is 15.6 Å². The van der Waals surface area contributed by atoms with E-state index in [9.17, 15) is 4.79 Å². The standard InChI is InChI=1S/C15H26N4O/c1-13(10-19-8-7-17-12-19)18-14(20)9-15(11-16)5-3-2-4-6-15/h7-8,12-13H,2-6,9-11,16H2,1H3,(H,18,20). The first-order valence-electron chi connectivity index (χ1n) is 7.59. The quantitative estimate of drug-likeness (QED) is 0.831. The fourth-order valence-electron chi connectivity index (χ4n) is 3.18. The molecule has 112 valence electrons. The predicted octanol–water partition coefficient (Wildman–Crippen LogP) is 1.69. The molecule has 3 N–H and O–H groups in total. The van der Waals surface area contributed by atoms with E-state index in [0.717, 1.165) is 19.4 Å². The Bertz CT molecular complexity index is 410. The summed E-state index contributed by atoms with van der Waals surface area (Å²) in [7, 11) is 0. The molecule has 1 atom stereocenters. The van der Waals surface area contributed by atoms with Crippen LogP contribution in [-0.4, -0.2) is 28.0 Å². The van der Waals surface area contributed by atoms with Gasteiger partial charge in [-0.25, -0.2) is 4.98 Å². The van der Waals surface area contributed by atoms with Crippen LogP contribution in [0, 0.1) is 5.41 Å². The minimum Gasteiger partial charge on any atom is -0.352 e. The highest BCUT2D eigenvalue weighted by Gasteiger charge is 2.33. The molecule has 1 saturated carbocycles. The molecule has 5 heteroatoms. The lowest BCUT2D eigenvalue weighted by molar-refractivity contribution is -0.124. The van der Waals surface area contributed by atoms with Crippen molar-refractivity contribution in [3.05, 3.63) is 18.7 Å². The van der Waals surface area contributed by atoms with Crippen LogP contribution in [0.25, 0.3) is 0 Å². The van der Waals surface area contributed by atoms with E-state index in [0.29, 0.717) is 13.0 Å². The highest BCUT2D eigenvalue weighted by molar-refractivity contribution is 5.77. The molecule has 1 heterocycles. The lowest BCUT2D eigenvalue weighted by Gasteiger charge is -2.36. The molecule has 1 aromatic heterocycles. The Morgan fingerprint density at radius 2 is 2.20 bits per heavy atom. The number of nitrogens with two attached hydrogens (primary N) is 1. The van der Waals surface area contributed by atoms with Crippen molar-refractivity contribution >= 4 is 5.91 Å². The molecule has 1 aliphatic rings. The molecule has 1 aromatic rings. The van der Waals surface area contributed by atoms with E-state index >= 15 is 0 Å². The molecule has 5 nitrogen and oxygen atoms in total. The second kappa shape index (κ2) is 6.88. The third-order valence-electron chi connectivity index (χ3n) is 4.33. The fraction of sp³-hybridized carbons (Fsp3) is 0.733. The van der Waals surface area contributed by atoms with Crippen LogP contribution in [0.15, 0.2) is 18.7 Å². The van der Waals surface area contributed by atoms with Crippen LogP contribution in [0.2, 0.25) is 0 Å². The first kappa shape index (κ1) is 15.0. The van der Waals surface area contributed by atoms with E-state index in [4.69, 9.17) is 5.73 Å². The second-order valence-electron chi connectivity index (χ2n) is 6.17. The molecule has 1 fully saturated rings. The Labute approximate surface area is 120 Å². The van der Waals surface area contributed by atoms with E-state index in [2.05, 4.69) is 10.3 Å². The summed E-state index contributed by atoms with van der Waals surface area (Å²) in [5, 5.41) is 3.08. The molecule has 1 aliphatic carbocycles. The summed E-state index contributed by atoms with van der Waals surface area (Å²) in [5.41, 5.74) is 5.97. The van der Waals surface area contributed by atoms with Gasteiger partial charge in [-0.15, -0.1) is 0 Å². The van der Waals surface area contributed by atoms with Gasteiger partial charge in [-0.05, 0) is 31.7 Å². The van der Waals surface area contributed by atoms with E-state index in [1.54, 1.807) is 12.5 Å².